The third kappa shape index (κ3) is 16.8. The number of aromatic nitrogens is 2. The first-order valence-corrected chi connectivity index (χ1v) is 23.7. The summed E-state index contributed by atoms with van der Waals surface area (Å²) in [5.74, 6) is 0.252. The molecule has 8 rings (SSSR count). The summed E-state index contributed by atoms with van der Waals surface area (Å²) in [6.45, 7) is 15.8. The normalized spacial score (nSPS) is 15.8. The van der Waals surface area contributed by atoms with Crippen LogP contribution in [0.15, 0.2) is 104 Å². The van der Waals surface area contributed by atoms with Crippen LogP contribution in [0.4, 0.5) is 5.69 Å². The highest BCUT2D eigenvalue weighted by atomic mass is 16.5. The number of hydrogen-bond acceptors (Lipinski definition) is 12. The Morgan fingerprint density at radius 3 is 1.80 bits per heavy atom. The van der Waals surface area contributed by atoms with Crippen LogP contribution < -0.4 is 16.8 Å². The van der Waals surface area contributed by atoms with E-state index in [1.807, 2.05) is 52.9 Å². The molecule has 2 aromatic heterocycles. The summed E-state index contributed by atoms with van der Waals surface area (Å²) in [5, 5.41) is 2.92. The maximum absolute atomic E-state index is 13.1. The Bertz CT molecular complexity index is 2180. The fraction of sp³-hybridized carbons (Fsp3) is 0.462. The van der Waals surface area contributed by atoms with Gasteiger partial charge in [0.2, 0.25) is 0 Å². The molecule has 0 atom stereocenters. The summed E-state index contributed by atoms with van der Waals surface area (Å²) in [6, 6.07) is 28.7. The lowest BCUT2D eigenvalue weighted by atomic mass is 9.97. The van der Waals surface area contributed by atoms with E-state index in [1.165, 1.54) is 0 Å². The minimum absolute atomic E-state index is 0.0398. The van der Waals surface area contributed by atoms with Gasteiger partial charge < -0.3 is 35.4 Å². The molecule has 5 aromatic rings. The lowest BCUT2D eigenvalue weighted by Crippen LogP contribution is -2.38. The molecular formula is C52H70N8O6. The number of rotatable bonds is 19. The number of carbonyl (C=O) groups is 3. The van der Waals surface area contributed by atoms with Gasteiger partial charge in [0.15, 0.2) is 5.78 Å². The summed E-state index contributed by atoms with van der Waals surface area (Å²) in [7, 11) is 0. The third-order valence-electron chi connectivity index (χ3n) is 12.0. The topological polar surface area (TPSA) is 170 Å². The van der Waals surface area contributed by atoms with E-state index in [0.717, 1.165) is 164 Å². The van der Waals surface area contributed by atoms with Gasteiger partial charge >= 0.3 is 0 Å². The number of anilines is 1. The molecule has 0 aliphatic carbocycles. The van der Waals surface area contributed by atoms with Crippen LogP contribution in [0.1, 0.15) is 64.1 Å². The molecule has 3 saturated heterocycles. The molecule has 5 N–H and O–H groups in total. The summed E-state index contributed by atoms with van der Waals surface area (Å²) in [4.78, 5) is 49.0. The number of amides is 1. The molecule has 0 saturated carbocycles. The second kappa shape index (κ2) is 28.0. The number of carbonyl (C=O) groups excluding carboxylic acids is 3. The molecule has 5 heterocycles. The molecule has 3 aliphatic rings. The molecule has 354 valence electrons. The number of morpholine rings is 3. The molecule has 3 aliphatic heterocycles. The maximum Gasteiger partial charge on any atom is 0.251 e. The summed E-state index contributed by atoms with van der Waals surface area (Å²) in [6.07, 6.45) is 8.75. The van der Waals surface area contributed by atoms with Gasteiger partial charge in [0.1, 0.15) is 5.78 Å². The Morgan fingerprint density at radius 2 is 1.20 bits per heavy atom. The van der Waals surface area contributed by atoms with Crippen molar-refractivity contribution in [1.82, 2.24) is 29.4 Å². The number of ketones is 2. The van der Waals surface area contributed by atoms with Gasteiger partial charge in [-0.2, -0.15) is 0 Å². The highest BCUT2D eigenvalue weighted by Crippen LogP contribution is 2.26. The quantitative estimate of drug-likeness (QED) is 0.0547. The van der Waals surface area contributed by atoms with Crippen LogP contribution >= 0.6 is 0 Å². The highest BCUT2D eigenvalue weighted by Gasteiger charge is 2.16. The van der Waals surface area contributed by atoms with E-state index in [9.17, 15) is 14.4 Å². The van der Waals surface area contributed by atoms with Crippen molar-refractivity contribution in [2.24, 2.45) is 5.73 Å². The zero-order valence-corrected chi connectivity index (χ0v) is 38.6. The molecule has 3 fully saturated rings. The fourth-order valence-electron chi connectivity index (χ4n) is 8.19. The van der Waals surface area contributed by atoms with Crippen LogP contribution in [0, 0.1) is 0 Å². The Hall–Kier alpha value is -5.32. The lowest BCUT2D eigenvalue weighted by molar-refractivity contribution is -0.117. The zero-order valence-electron chi connectivity index (χ0n) is 38.6. The van der Waals surface area contributed by atoms with Crippen LogP contribution in [0.3, 0.4) is 0 Å². The molecule has 0 radical (unpaired) electrons. The Morgan fingerprint density at radius 1 is 0.621 bits per heavy atom. The Kier molecular flexibility index (Phi) is 21.2. The van der Waals surface area contributed by atoms with E-state index < -0.39 is 0 Å². The first kappa shape index (κ1) is 50.1. The van der Waals surface area contributed by atoms with Gasteiger partial charge in [-0.05, 0) is 93.3 Å². The number of unbranched alkanes of at least 4 members (excludes halogenated alkanes) is 1. The van der Waals surface area contributed by atoms with Crippen molar-refractivity contribution >= 4 is 28.7 Å². The van der Waals surface area contributed by atoms with Gasteiger partial charge in [-0.15, -0.1) is 0 Å². The van der Waals surface area contributed by atoms with Gasteiger partial charge in [-0.25, -0.2) is 4.98 Å². The SMILES string of the molecule is NCCCN1CCOCC1.Nc1ccc(C(=O)NCCCN2CCOCC2)cc1.O=C(Cc1ccc(C(=O)CCCCN2CCOCC2)cc1)Cc1c(-c2ccccc2)ccc2cncn12. The van der Waals surface area contributed by atoms with Crippen molar-refractivity contribution < 1.29 is 28.6 Å². The molecule has 14 nitrogen and oxygen atoms in total. The monoisotopic (exact) mass is 903 g/mol. The summed E-state index contributed by atoms with van der Waals surface area (Å²) >= 11 is 0. The largest absolute Gasteiger partial charge is 0.399 e. The van der Waals surface area contributed by atoms with Crippen LogP contribution in [-0.4, -0.2) is 153 Å². The fourth-order valence-corrected chi connectivity index (χ4v) is 8.19. The molecule has 0 spiro atoms. The predicted octanol–water partition coefficient (Wildman–Crippen LogP) is 5.43. The number of nitrogen functional groups attached to an aromatic ring is 1. The average molecular weight is 903 g/mol. The Balaban J connectivity index is 0.000000205. The van der Waals surface area contributed by atoms with Crippen molar-refractivity contribution in [2.45, 2.75) is 44.9 Å². The van der Waals surface area contributed by atoms with Crippen LogP contribution in [0.2, 0.25) is 0 Å². The van der Waals surface area contributed by atoms with E-state index in [4.69, 9.17) is 25.7 Å². The van der Waals surface area contributed by atoms with Crippen molar-refractivity contribution in [3.63, 3.8) is 0 Å². The minimum atomic E-state index is -0.0398. The first-order chi connectivity index (χ1) is 32.4. The number of benzene rings is 3. The maximum atomic E-state index is 13.1. The van der Waals surface area contributed by atoms with Crippen LogP contribution in [0.25, 0.3) is 16.6 Å². The number of Topliss-reactive ketones (excluding diaryl/α,β-unsaturated/α-hetero) is 2. The van der Waals surface area contributed by atoms with Gasteiger partial charge in [0, 0.05) is 93.1 Å². The average Bonchev–Trinajstić information content (AvgIpc) is 3.85. The molecular weight excluding hydrogens is 833 g/mol. The number of fused-ring (bicyclic) bond motifs is 1. The lowest BCUT2D eigenvalue weighted by Gasteiger charge is -2.26. The molecule has 3 aromatic carbocycles. The zero-order chi connectivity index (χ0) is 46.2. The molecule has 0 unspecified atom stereocenters. The van der Waals surface area contributed by atoms with Crippen molar-refractivity contribution in [3.8, 4) is 11.1 Å². The van der Waals surface area contributed by atoms with E-state index in [2.05, 4.69) is 43.2 Å². The second-order valence-electron chi connectivity index (χ2n) is 17.0. The van der Waals surface area contributed by atoms with Crippen molar-refractivity contribution in [2.75, 3.05) is 117 Å². The van der Waals surface area contributed by atoms with E-state index in [0.29, 0.717) is 37.1 Å². The first-order valence-electron chi connectivity index (χ1n) is 23.7. The molecule has 0 bridgehead atoms. The summed E-state index contributed by atoms with van der Waals surface area (Å²) < 4.78 is 17.9. The van der Waals surface area contributed by atoms with Gasteiger partial charge in [0.05, 0.1) is 57.7 Å². The number of ether oxygens (including phenoxy) is 3. The molecule has 1 amide bonds. The number of nitrogens with zero attached hydrogens (tertiary/aromatic N) is 5. The number of nitrogens with one attached hydrogen (secondary N) is 1. The van der Waals surface area contributed by atoms with Gasteiger partial charge in [-0.3, -0.25) is 29.1 Å². The smallest absolute Gasteiger partial charge is 0.251 e. The van der Waals surface area contributed by atoms with Gasteiger partial charge in [0.25, 0.3) is 5.91 Å². The highest BCUT2D eigenvalue weighted by molar-refractivity contribution is 5.96. The number of nitrogens with two attached hydrogens (primary N) is 2. The minimum Gasteiger partial charge on any atom is -0.399 e. The molecule has 14 heteroatoms. The van der Waals surface area contributed by atoms with Crippen molar-refractivity contribution in [3.05, 3.63) is 126 Å². The molecule has 66 heavy (non-hydrogen) atoms. The Labute approximate surface area is 390 Å². The van der Waals surface area contributed by atoms with Crippen LogP contribution in [-0.2, 0) is 31.8 Å². The van der Waals surface area contributed by atoms with E-state index in [-0.39, 0.29) is 17.5 Å². The van der Waals surface area contributed by atoms with Gasteiger partial charge in [-0.1, -0.05) is 60.7 Å². The third-order valence-corrected chi connectivity index (χ3v) is 12.0. The number of pyridine rings is 1. The standard InChI is InChI=1S/C31H33N3O3.C14H21N3O2.C7H16N2O/c35-28(21-30-29(25-6-2-1-3-7-25)14-13-27-22-32-23-34(27)30)20-24-9-11-26(12-10-24)31(36)8-4-5-15-33-16-18-37-19-17-33;15-13-4-2-12(3-5-13)14(18)16-6-1-7-17-8-10-19-11-9-17;8-2-1-3-9-4-6-10-7-5-9/h1-3,6-7,9-14,22-23H,4-5,8,15-21H2;2-5H,1,6-11,15H2,(H,16,18);1-8H2. The van der Waals surface area contributed by atoms with Crippen molar-refractivity contribution in [1.29, 1.82) is 0 Å². The summed E-state index contributed by atoms with van der Waals surface area (Å²) in [5.41, 5.74) is 18.0. The number of hydrogen-bond donors (Lipinski definition) is 3. The second-order valence-corrected chi connectivity index (χ2v) is 17.0. The van der Waals surface area contributed by atoms with Crippen LogP contribution in [0.5, 0.6) is 0 Å². The predicted molar refractivity (Wildman–Crippen MR) is 261 cm³/mol. The van der Waals surface area contributed by atoms with E-state index in [1.54, 1.807) is 36.8 Å². The van der Waals surface area contributed by atoms with E-state index >= 15 is 0 Å². The number of imidazole rings is 1.